The van der Waals surface area contributed by atoms with Gasteiger partial charge in [0, 0.05) is 11.6 Å². The molecular weight excluding hydrogens is 258 g/mol. The first-order valence-electron chi connectivity index (χ1n) is 6.21. The Hall–Kier alpha value is -2.49. The summed E-state index contributed by atoms with van der Waals surface area (Å²) < 4.78 is 28.3. The van der Waals surface area contributed by atoms with E-state index in [2.05, 4.69) is 5.10 Å². The van der Waals surface area contributed by atoms with Crippen molar-refractivity contribution in [2.75, 3.05) is 0 Å². The van der Waals surface area contributed by atoms with E-state index in [0.29, 0.717) is 0 Å². The third-order valence-electron chi connectivity index (χ3n) is 3.13. The molecule has 2 aromatic carbocycles. The van der Waals surface area contributed by atoms with Gasteiger partial charge in [-0.3, -0.25) is 0 Å². The molecule has 0 N–H and O–H groups in total. The number of aryl methyl sites for hydroxylation is 1. The number of halogens is 2. The fourth-order valence-electron chi connectivity index (χ4n) is 2.09. The van der Waals surface area contributed by atoms with Crippen molar-refractivity contribution in [2.45, 2.75) is 6.92 Å². The van der Waals surface area contributed by atoms with E-state index in [1.807, 2.05) is 31.2 Å². The van der Waals surface area contributed by atoms with E-state index >= 15 is 0 Å². The Morgan fingerprint density at radius 1 is 0.950 bits per heavy atom. The summed E-state index contributed by atoms with van der Waals surface area (Å²) in [6.07, 6.45) is 1.60. The molecule has 0 aliphatic carbocycles. The minimum atomic E-state index is -0.637. The lowest BCUT2D eigenvalue weighted by Gasteiger charge is -2.09. The minimum absolute atomic E-state index is 0.229. The molecule has 20 heavy (non-hydrogen) atoms. The first-order chi connectivity index (χ1) is 9.65. The monoisotopic (exact) mass is 270 g/mol. The van der Waals surface area contributed by atoms with Gasteiger partial charge in [-0.15, -0.1) is 0 Å². The highest BCUT2D eigenvalue weighted by atomic mass is 19.1. The van der Waals surface area contributed by atoms with Crippen LogP contribution in [0, 0.1) is 18.6 Å². The summed E-state index contributed by atoms with van der Waals surface area (Å²) in [6, 6.07) is 13.1. The van der Waals surface area contributed by atoms with Crippen molar-refractivity contribution in [3.63, 3.8) is 0 Å². The van der Waals surface area contributed by atoms with Gasteiger partial charge in [-0.25, -0.2) is 13.5 Å². The Morgan fingerprint density at radius 3 is 2.40 bits per heavy atom. The number of benzene rings is 2. The average Bonchev–Trinajstić information content (AvgIpc) is 2.88. The molecule has 0 bridgehead atoms. The molecule has 0 unspecified atom stereocenters. The normalized spacial score (nSPS) is 10.8. The molecule has 0 saturated heterocycles. The molecule has 2 nitrogen and oxygen atoms in total. The maximum Gasteiger partial charge on any atom is 0.151 e. The molecule has 0 atom stereocenters. The molecular formula is C16H12F2N2. The maximum absolute atomic E-state index is 13.9. The second kappa shape index (κ2) is 4.89. The molecule has 0 spiro atoms. The highest BCUT2D eigenvalue weighted by Crippen LogP contribution is 2.24. The van der Waals surface area contributed by atoms with Gasteiger partial charge in [-0.1, -0.05) is 29.8 Å². The summed E-state index contributed by atoms with van der Waals surface area (Å²) in [5.74, 6) is -1.24. The third-order valence-corrected chi connectivity index (χ3v) is 3.13. The molecule has 100 valence electrons. The van der Waals surface area contributed by atoms with Crippen LogP contribution in [-0.4, -0.2) is 9.78 Å². The van der Waals surface area contributed by atoms with E-state index in [1.165, 1.54) is 16.8 Å². The SMILES string of the molecule is Cc1ccc(-c2ccnn2-c2ccc(F)cc2F)cc1. The van der Waals surface area contributed by atoms with Gasteiger partial charge in [-0.05, 0) is 25.1 Å². The van der Waals surface area contributed by atoms with Gasteiger partial charge < -0.3 is 0 Å². The Balaban J connectivity index is 2.12. The van der Waals surface area contributed by atoms with Gasteiger partial charge in [0.1, 0.15) is 11.5 Å². The second-order valence-corrected chi connectivity index (χ2v) is 4.59. The van der Waals surface area contributed by atoms with Crippen LogP contribution in [0.1, 0.15) is 5.56 Å². The Kier molecular flexibility index (Phi) is 3.06. The maximum atomic E-state index is 13.9. The Labute approximate surface area is 115 Å². The van der Waals surface area contributed by atoms with E-state index in [0.717, 1.165) is 22.9 Å². The van der Waals surface area contributed by atoms with Gasteiger partial charge in [0.15, 0.2) is 5.82 Å². The molecule has 0 saturated carbocycles. The average molecular weight is 270 g/mol. The third kappa shape index (κ3) is 2.20. The van der Waals surface area contributed by atoms with Crippen LogP contribution in [0.15, 0.2) is 54.7 Å². The van der Waals surface area contributed by atoms with E-state index in [4.69, 9.17) is 0 Å². The van der Waals surface area contributed by atoms with Crippen LogP contribution in [0.3, 0.4) is 0 Å². The zero-order valence-electron chi connectivity index (χ0n) is 10.8. The summed E-state index contributed by atoms with van der Waals surface area (Å²) in [4.78, 5) is 0. The van der Waals surface area contributed by atoms with Crippen LogP contribution in [-0.2, 0) is 0 Å². The molecule has 3 aromatic rings. The number of nitrogens with zero attached hydrogens (tertiary/aromatic N) is 2. The predicted octanol–water partition coefficient (Wildman–Crippen LogP) is 4.13. The number of hydrogen-bond acceptors (Lipinski definition) is 1. The van der Waals surface area contributed by atoms with Crippen LogP contribution in [0.4, 0.5) is 8.78 Å². The molecule has 1 heterocycles. The zero-order chi connectivity index (χ0) is 14.1. The van der Waals surface area contributed by atoms with Crippen molar-refractivity contribution < 1.29 is 8.78 Å². The molecule has 4 heteroatoms. The largest absolute Gasteiger partial charge is 0.230 e. The van der Waals surface area contributed by atoms with Crippen LogP contribution < -0.4 is 0 Å². The van der Waals surface area contributed by atoms with E-state index < -0.39 is 11.6 Å². The van der Waals surface area contributed by atoms with E-state index in [1.54, 1.807) is 12.3 Å². The van der Waals surface area contributed by atoms with Crippen LogP contribution in [0.2, 0.25) is 0 Å². The molecule has 0 aliphatic heterocycles. The van der Waals surface area contributed by atoms with Crippen molar-refractivity contribution >= 4 is 0 Å². The quantitative estimate of drug-likeness (QED) is 0.684. The van der Waals surface area contributed by atoms with Gasteiger partial charge in [-0.2, -0.15) is 5.10 Å². The first kappa shape index (κ1) is 12.5. The standard InChI is InChI=1S/C16H12F2N2/c1-11-2-4-12(5-3-11)15-8-9-19-20(15)16-7-6-13(17)10-14(16)18/h2-10H,1H3. The van der Waals surface area contributed by atoms with Crippen molar-refractivity contribution in [1.82, 2.24) is 9.78 Å². The smallest absolute Gasteiger partial charge is 0.151 e. The van der Waals surface area contributed by atoms with E-state index in [-0.39, 0.29) is 5.69 Å². The summed E-state index contributed by atoms with van der Waals surface area (Å²) in [7, 11) is 0. The lowest BCUT2D eigenvalue weighted by molar-refractivity contribution is 0.574. The number of hydrogen-bond donors (Lipinski definition) is 0. The fraction of sp³-hybridized carbons (Fsp3) is 0.0625. The fourth-order valence-corrected chi connectivity index (χ4v) is 2.09. The Morgan fingerprint density at radius 2 is 1.70 bits per heavy atom. The minimum Gasteiger partial charge on any atom is -0.230 e. The summed E-state index contributed by atoms with van der Waals surface area (Å²) in [6.45, 7) is 2.00. The summed E-state index contributed by atoms with van der Waals surface area (Å²) in [5.41, 5.74) is 3.06. The summed E-state index contributed by atoms with van der Waals surface area (Å²) >= 11 is 0. The topological polar surface area (TPSA) is 17.8 Å². The highest BCUT2D eigenvalue weighted by Gasteiger charge is 2.11. The van der Waals surface area contributed by atoms with Gasteiger partial charge >= 0.3 is 0 Å². The Bertz CT molecular complexity index is 745. The zero-order valence-corrected chi connectivity index (χ0v) is 10.8. The van der Waals surface area contributed by atoms with E-state index in [9.17, 15) is 8.78 Å². The lowest BCUT2D eigenvalue weighted by atomic mass is 10.1. The van der Waals surface area contributed by atoms with Gasteiger partial charge in [0.2, 0.25) is 0 Å². The van der Waals surface area contributed by atoms with Crippen LogP contribution in [0.5, 0.6) is 0 Å². The number of aromatic nitrogens is 2. The van der Waals surface area contributed by atoms with Crippen LogP contribution in [0.25, 0.3) is 16.9 Å². The van der Waals surface area contributed by atoms with Crippen LogP contribution >= 0.6 is 0 Å². The van der Waals surface area contributed by atoms with Crippen molar-refractivity contribution in [3.05, 3.63) is 71.9 Å². The molecule has 0 fully saturated rings. The predicted molar refractivity (Wildman–Crippen MR) is 73.7 cm³/mol. The molecule has 0 amide bonds. The van der Waals surface area contributed by atoms with Gasteiger partial charge in [0.05, 0.1) is 11.9 Å². The highest BCUT2D eigenvalue weighted by molar-refractivity contribution is 5.62. The first-order valence-corrected chi connectivity index (χ1v) is 6.21. The molecule has 0 radical (unpaired) electrons. The molecule has 1 aromatic heterocycles. The number of rotatable bonds is 2. The second-order valence-electron chi connectivity index (χ2n) is 4.59. The summed E-state index contributed by atoms with van der Waals surface area (Å²) in [5, 5.41) is 4.13. The lowest BCUT2D eigenvalue weighted by Crippen LogP contribution is -2.02. The van der Waals surface area contributed by atoms with Crippen molar-refractivity contribution in [3.8, 4) is 16.9 Å². The molecule has 3 rings (SSSR count). The molecule has 0 aliphatic rings. The van der Waals surface area contributed by atoms with Crippen molar-refractivity contribution in [2.24, 2.45) is 0 Å². The van der Waals surface area contributed by atoms with Gasteiger partial charge in [0.25, 0.3) is 0 Å². The van der Waals surface area contributed by atoms with Crippen molar-refractivity contribution in [1.29, 1.82) is 0 Å².